The predicted octanol–water partition coefficient (Wildman–Crippen LogP) is 0.445. The molecule has 0 aliphatic carbocycles. The molecule has 0 fully saturated rings. The molecule has 0 bridgehead atoms. The van der Waals surface area contributed by atoms with Crippen LogP contribution in [-0.4, -0.2) is 54.1 Å². The molecule has 3 heterocycles. The Kier molecular flexibility index (Phi) is 4.74. The molecule has 0 atom stereocenters. The zero-order valence-corrected chi connectivity index (χ0v) is 14.5. The SMILES string of the molecule is CN(CCNc1nc(-c2ccncc2)nc2c1CNC2)S(C)(=O)=O. The Labute approximate surface area is 141 Å². The van der Waals surface area contributed by atoms with E-state index in [1.54, 1.807) is 19.4 Å². The van der Waals surface area contributed by atoms with Gasteiger partial charge in [-0.2, -0.15) is 0 Å². The second-order valence-corrected chi connectivity index (χ2v) is 7.76. The molecule has 1 aliphatic rings. The molecule has 0 unspecified atom stereocenters. The van der Waals surface area contributed by atoms with Crippen molar-refractivity contribution in [3.05, 3.63) is 35.8 Å². The van der Waals surface area contributed by atoms with Gasteiger partial charge in [-0.05, 0) is 12.1 Å². The van der Waals surface area contributed by atoms with Crippen LogP contribution < -0.4 is 10.6 Å². The Morgan fingerprint density at radius 1 is 1.25 bits per heavy atom. The average Bonchev–Trinajstić information content (AvgIpc) is 3.03. The van der Waals surface area contributed by atoms with Crippen LogP contribution in [0.1, 0.15) is 11.3 Å². The van der Waals surface area contributed by atoms with Gasteiger partial charge < -0.3 is 10.6 Å². The summed E-state index contributed by atoms with van der Waals surface area (Å²) in [6, 6.07) is 3.73. The Morgan fingerprint density at radius 3 is 2.71 bits per heavy atom. The number of likely N-dealkylation sites (N-methyl/N-ethyl adjacent to an activating group) is 1. The summed E-state index contributed by atoms with van der Waals surface area (Å²) in [6.45, 7) is 2.25. The molecule has 24 heavy (non-hydrogen) atoms. The molecule has 2 aromatic rings. The van der Waals surface area contributed by atoms with Crippen LogP contribution in [0.2, 0.25) is 0 Å². The summed E-state index contributed by atoms with van der Waals surface area (Å²) < 4.78 is 24.2. The molecule has 0 saturated heterocycles. The van der Waals surface area contributed by atoms with Gasteiger partial charge >= 0.3 is 0 Å². The Balaban J connectivity index is 1.81. The van der Waals surface area contributed by atoms with Gasteiger partial charge in [0.1, 0.15) is 5.82 Å². The topological polar surface area (TPSA) is 100 Å². The minimum absolute atomic E-state index is 0.371. The zero-order valence-electron chi connectivity index (χ0n) is 13.7. The van der Waals surface area contributed by atoms with E-state index in [0.717, 1.165) is 22.6 Å². The molecule has 9 heteroatoms. The normalized spacial score (nSPS) is 14.0. The number of aromatic nitrogens is 3. The van der Waals surface area contributed by atoms with Crippen LogP contribution in [0.3, 0.4) is 0 Å². The standard InChI is InChI=1S/C15H20N6O2S/c1-21(24(2,22)23)8-7-18-15-12-9-17-10-13(12)19-14(20-15)11-3-5-16-6-4-11/h3-6,17H,7-10H2,1-2H3,(H,18,19,20). The van der Waals surface area contributed by atoms with Gasteiger partial charge in [0, 0.05) is 56.7 Å². The maximum absolute atomic E-state index is 11.5. The van der Waals surface area contributed by atoms with Crippen LogP contribution in [0, 0.1) is 0 Å². The maximum atomic E-state index is 11.5. The third kappa shape index (κ3) is 3.69. The highest BCUT2D eigenvalue weighted by atomic mass is 32.2. The fourth-order valence-corrected chi connectivity index (χ4v) is 2.87. The molecule has 0 radical (unpaired) electrons. The molecule has 2 N–H and O–H groups in total. The lowest BCUT2D eigenvalue weighted by Crippen LogP contribution is -2.30. The Bertz CT molecular complexity index is 825. The molecule has 128 valence electrons. The van der Waals surface area contributed by atoms with Crippen molar-refractivity contribution in [1.29, 1.82) is 0 Å². The molecule has 0 aromatic carbocycles. The molecular formula is C15H20N6O2S. The highest BCUT2D eigenvalue weighted by Crippen LogP contribution is 2.25. The first-order valence-corrected chi connectivity index (χ1v) is 9.46. The summed E-state index contributed by atoms with van der Waals surface area (Å²) >= 11 is 0. The number of fused-ring (bicyclic) bond motifs is 1. The smallest absolute Gasteiger partial charge is 0.211 e. The van der Waals surface area contributed by atoms with Crippen molar-refractivity contribution in [3.63, 3.8) is 0 Å². The van der Waals surface area contributed by atoms with E-state index in [-0.39, 0.29) is 0 Å². The summed E-state index contributed by atoms with van der Waals surface area (Å²) in [6.07, 6.45) is 4.61. The van der Waals surface area contributed by atoms with Gasteiger partial charge in [0.05, 0.1) is 11.9 Å². The highest BCUT2D eigenvalue weighted by molar-refractivity contribution is 7.88. The number of hydrogen-bond donors (Lipinski definition) is 2. The Morgan fingerprint density at radius 2 is 2.00 bits per heavy atom. The van der Waals surface area contributed by atoms with Gasteiger partial charge in [0.25, 0.3) is 0 Å². The number of pyridine rings is 1. The second kappa shape index (κ2) is 6.80. The number of nitrogens with one attached hydrogen (secondary N) is 2. The van der Waals surface area contributed by atoms with E-state index < -0.39 is 10.0 Å². The van der Waals surface area contributed by atoms with E-state index in [2.05, 4.69) is 25.6 Å². The maximum Gasteiger partial charge on any atom is 0.211 e. The molecule has 2 aromatic heterocycles. The number of rotatable bonds is 6. The second-order valence-electron chi connectivity index (χ2n) is 5.67. The van der Waals surface area contributed by atoms with Crippen molar-refractivity contribution in [2.45, 2.75) is 13.1 Å². The third-order valence-corrected chi connectivity index (χ3v) is 5.23. The number of sulfonamides is 1. The number of anilines is 1. The van der Waals surface area contributed by atoms with Crippen LogP contribution in [0.25, 0.3) is 11.4 Å². The molecule has 0 spiro atoms. The minimum Gasteiger partial charge on any atom is -0.368 e. The molecule has 1 aliphatic heterocycles. The first-order chi connectivity index (χ1) is 11.4. The van der Waals surface area contributed by atoms with Gasteiger partial charge in [0.2, 0.25) is 10.0 Å². The lowest BCUT2D eigenvalue weighted by molar-refractivity contribution is 0.486. The van der Waals surface area contributed by atoms with E-state index in [4.69, 9.17) is 0 Å². The quantitative estimate of drug-likeness (QED) is 0.781. The molecule has 0 amide bonds. The lowest BCUT2D eigenvalue weighted by Gasteiger charge is -2.16. The predicted molar refractivity (Wildman–Crippen MR) is 91.8 cm³/mol. The summed E-state index contributed by atoms with van der Waals surface area (Å²) in [5, 5.41) is 6.51. The first kappa shape index (κ1) is 16.7. The molecule has 3 rings (SSSR count). The summed E-state index contributed by atoms with van der Waals surface area (Å²) in [5.41, 5.74) is 2.90. The Hall–Kier alpha value is -2.10. The van der Waals surface area contributed by atoms with Crippen molar-refractivity contribution < 1.29 is 8.42 Å². The van der Waals surface area contributed by atoms with Crippen molar-refractivity contribution in [3.8, 4) is 11.4 Å². The first-order valence-electron chi connectivity index (χ1n) is 7.61. The fourth-order valence-electron chi connectivity index (χ4n) is 2.44. The van der Waals surface area contributed by atoms with Crippen LogP contribution >= 0.6 is 0 Å². The largest absolute Gasteiger partial charge is 0.368 e. The zero-order chi connectivity index (χ0) is 17.2. The van der Waals surface area contributed by atoms with E-state index in [1.165, 1.54) is 10.6 Å². The van der Waals surface area contributed by atoms with Crippen molar-refractivity contribution >= 4 is 15.8 Å². The monoisotopic (exact) mass is 348 g/mol. The van der Waals surface area contributed by atoms with Gasteiger partial charge in [-0.15, -0.1) is 0 Å². The minimum atomic E-state index is -3.18. The van der Waals surface area contributed by atoms with Crippen LogP contribution in [0.5, 0.6) is 0 Å². The summed E-state index contributed by atoms with van der Waals surface area (Å²) in [7, 11) is -1.62. The fraction of sp³-hybridized carbons (Fsp3) is 0.400. The number of nitrogens with zero attached hydrogens (tertiary/aromatic N) is 4. The summed E-state index contributed by atoms with van der Waals surface area (Å²) in [4.78, 5) is 13.2. The van der Waals surface area contributed by atoms with Crippen LogP contribution in [-0.2, 0) is 23.1 Å². The molecular weight excluding hydrogens is 328 g/mol. The van der Waals surface area contributed by atoms with Crippen LogP contribution in [0.15, 0.2) is 24.5 Å². The third-order valence-electron chi connectivity index (χ3n) is 3.91. The van der Waals surface area contributed by atoms with Gasteiger partial charge in [-0.3, -0.25) is 4.98 Å². The van der Waals surface area contributed by atoms with Gasteiger partial charge in [-0.1, -0.05) is 0 Å². The van der Waals surface area contributed by atoms with Crippen molar-refractivity contribution in [2.75, 3.05) is 31.7 Å². The number of hydrogen-bond acceptors (Lipinski definition) is 7. The molecule has 8 nitrogen and oxygen atoms in total. The van der Waals surface area contributed by atoms with E-state index in [0.29, 0.717) is 32.0 Å². The lowest BCUT2D eigenvalue weighted by atomic mass is 10.2. The van der Waals surface area contributed by atoms with Crippen molar-refractivity contribution in [1.82, 2.24) is 24.6 Å². The average molecular weight is 348 g/mol. The van der Waals surface area contributed by atoms with Gasteiger partial charge in [0.15, 0.2) is 5.82 Å². The summed E-state index contributed by atoms with van der Waals surface area (Å²) in [5.74, 6) is 1.39. The highest BCUT2D eigenvalue weighted by Gasteiger charge is 2.20. The molecule has 0 saturated carbocycles. The van der Waals surface area contributed by atoms with Gasteiger partial charge in [-0.25, -0.2) is 22.7 Å². The van der Waals surface area contributed by atoms with Crippen molar-refractivity contribution in [2.24, 2.45) is 0 Å². The van der Waals surface area contributed by atoms with E-state index >= 15 is 0 Å². The van der Waals surface area contributed by atoms with Crippen LogP contribution in [0.4, 0.5) is 5.82 Å². The van der Waals surface area contributed by atoms with E-state index in [9.17, 15) is 8.42 Å². The van der Waals surface area contributed by atoms with E-state index in [1.807, 2.05) is 12.1 Å².